The molecule has 0 N–H and O–H groups in total. The highest BCUT2D eigenvalue weighted by molar-refractivity contribution is 5.56. The average Bonchev–Trinajstić information content (AvgIpc) is 2.76. The quantitative estimate of drug-likeness (QED) is 0.779. The molecule has 1 aromatic rings. The van der Waals surface area contributed by atoms with Gasteiger partial charge in [-0.05, 0) is 30.7 Å². The summed E-state index contributed by atoms with van der Waals surface area (Å²) in [7, 11) is 6.11. The minimum absolute atomic E-state index is 0.00997. The van der Waals surface area contributed by atoms with Gasteiger partial charge in [0, 0.05) is 32.5 Å². The molecule has 0 bridgehead atoms. The maximum Gasteiger partial charge on any atom is 0.190 e. The molecule has 0 fully saturated rings. The van der Waals surface area contributed by atoms with Crippen molar-refractivity contribution in [1.29, 1.82) is 0 Å². The zero-order chi connectivity index (χ0) is 14.5. The van der Waals surface area contributed by atoms with Gasteiger partial charge in [0.25, 0.3) is 0 Å². The fourth-order valence-electron chi connectivity index (χ4n) is 1.93. The predicted molar refractivity (Wildman–Crippen MR) is 85.3 cm³/mol. The molecule has 106 valence electrons. The lowest BCUT2D eigenvalue weighted by molar-refractivity contribution is 0.113. The molecule has 1 unspecified atom stereocenters. The predicted octanol–water partition coefficient (Wildman–Crippen LogP) is 3.47. The minimum Gasteiger partial charge on any atom is -0.473 e. The maximum atomic E-state index is 5.51. The third kappa shape index (κ3) is 3.44. The van der Waals surface area contributed by atoms with Crippen molar-refractivity contribution in [3.8, 4) is 0 Å². The van der Waals surface area contributed by atoms with Crippen LogP contribution in [-0.4, -0.2) is 32.3 Å². The molecule has 1 aliphatic rings. The SMILES string of the molecule is CC1=COC(C=CC=Cc2ccc(N(C)C)cc2)N1C. The van der Waals surface area contributed by atoms with Crippen LogP contribution in [0.15, 0.2) is 54.5 Å². The molecule has 1 atom stereocenters. The van der Waals surface area contributed by atoms with Crippen molar-refractivity contribution in [3.05, 3.63) is 60.0 Å². The molecule has 3 nitrogen and oxygen atoms in total. The largest absolute Gasteiger partial charge is 0.473 e. The summed E-state index contributed by atoms with van der Waals surface area (Å²) < 4.78 is 5.51. The van der Waals surface area contributed by atoms with E-state index in [2.05, 4.69) is 40.1 Å². The molecule has 0 spiro atoms. The summed E-state index contributed by atoms with van der Waals surface area (Å²) in [6, 6.07) is 8.46. The van der Waals surface area contributed by atoms with Crippen molar-refractivity contribution < 1.29 is 4.74 Å². The van der Waals surface area contributed by atoms with E-state index < -0.39 is 0 Å². The first-order chi connectivity index (χ1) is 9.58. The smallest absolute Gasteiger partial charge is 0.190 e. The molecule has 2 rings (SSSR count). The Hall–Kier alpha value is -2.16. The van der Waals surface area contributed by atoms with Crippen molar-refractivity contribution in [2.45, 2.75) is 13.2 Å². The fraction of sp³-hybridized carbons (Fsp3) is 0.294. The molecule has 0 saturated heterocycles. The second-order valence-electron chi connectivity index (χ2n) is 5.13. The molecule has 1 heterocycles. The van der Waals surface area contributed by atoms with Gasteiger partial charge >= 0.3 is 0 Å². The van der Waals surface area contributed by atoms with E-state index >= 15 is 0 Å². The summed E-state index contributed by atoms with van der Waals surface area (Å²) in [4.78, 5) is 4.19. The molecule has 0 amide bonds. The molecular formula is C17H22N2O. The molecular weight excluding hydrogens is 248 g/mol. The monoisotopic (exact) mass is 270 g/mol. The lowest BCUT2D eigenvalue weighted by atomic mass is 10.2. The van der Waals surface area contributed by atoms with Gasteiger partial charge in [0.15, 0.2) is 6.23 Å². The molecule has 20 heavy (non-hydrogen) atoms. The Bertz CT molecular complexity index is 526. The molecule has 0 radical (unpaired) electrons. The molecule has 3 heteroatoms. The van der Waals surface area contributed by atoms with Crippen LogP contribution in [-0.2, 0) is 4.74 Å². The van der Waals surface area contributed by atoms with E-state index in [1.54, 1.807) is 6.26 Å². The van der Waals surface area contributed by atoms with Crippen LogP contribution in [0.4, 0.5) is 5.69 Å². The van der Waals surface area contributed by atoms with Crippen molar-refractivity contribution in [1.82, 2.24) is 4.90 Å². The maximum absolute atomic E-state index is 5.51. The third-order valence-corrected chi connectivity index (χ3v) is 3.40. The Morgan fingerprint density at radius 2 is 1.85 bits per heavy atom. The van der Waals surface area contributed by atoms with Crippen LogP contribution in [0.3, 0.4) is 0 Å². The molecule has 1 aromatic carbocycles. The summed E-state index contributed by atoms with van der Waals surface area (Å²) in [6.45, 7) is 2.04. The standard InChI is InChI=1S/C17H22N2O/c1-14-13-20-17(19(14)4)8-6-5-7-15-9-11-16(12-10-15)18(2)3/h5-13,17H,1-4H3. The topological polar surface area (TPSA) is 15.7 Å². The van der Waals surface area contributed by atoms with Gasteiger partial charge in [0.05, 0.1) is 0 Å². The van der Waals surface area contributed by atoms with Gasteiger partial charge < -0.3 is 14.5 Å². The summed E-state index contributed by atoms with van der Waals surface area (Å²) in [5.41, 5.74) is 3.54. The van der Waals surface area contributed by atoms with E-state index in [1.165, 1.54) is 11.3 Å². The molecule has 1 aliphatic heterocycles. The number of allylic oxidation sites excluding steroid dienone is 3. The second kappa shape index (κ2) is 6.33. The van der Waals surface area contributed by atoms with Gasteiger partial charge in [-0.25, -0.2) is 0 Å². The first-order valence-electron chi connectivity index (χ1n) is 6.75. The van der Waals surface area contributed by atoms with Crippen LogP contribution in [0.2, 0.25) is 0 Å². The highest BCUT2D eigenvalue weighted by atomic mass is 16.5. The Kier molecular flexibility index (Phi) is 4.51. The average molecular weight is 270 g/mol. The Balaban J connectivity index is 1.90. The van der Waals surface area contributed by atoms with E-state index in [0.29, 0.717) is 0 Å². The summed E-state index contributed by atoms with van der Waals surface area (Å²) in [5.74, 6) is 0. The number of rotatable bonds is 4. The van der Waals surface area contributed by atoms with Crippen LogP contribution < -0.4 is 4.90 Å². The Morgan fingerprint density at radius 3 is 2.40 bits per heavy atom. The number of anilines is 1. The minimum atomic E-state index is 0.00997. The van der Waals surface area contributed by atoms with Crippen molar-refractivity contribution in [3.63, 3.8) is 0 Å². The third-order valence-electron chi connectivity index (χ3n) is 3.40. The van der Waals surface area contributed by atoms with Crippen molar-refractivity contribution in [2.75, 3.05) is 26.0 Å². The highest BCUT2D eigenvalue weighted by Crippen LogP contribution is 2.17. The normalized spacial score (nSPS) is 18.7. The number of nitrogens with zero attached hydrogens (tertiary/aromatic N) is 2. The first-order valence-corrected chi connectivity index (χ1v) is 6.75. The van der Waals surface area contributed by atoms with Crippen LogP contribution in [0.1, 0.15) is 12.5 Å². The molecule has 0 saturated carbocycles. The van der Waals surface area contributed by atoms with E-state index in [-0.39, 0.29) is 6.23 Å². The van der Waals surface area contributed by atoms with Crippen molar-refractivity contribution >= 4 is 11.8 Å². The number of benzene rings is 1. The zero-order valence-electron chi connectivity index (χ0n) is 12.6. The van der Waals surface area contributed by atoms with Crippen LogP contribution in [0.25, 0.3) is 6.08 Å². The highest BCUT2D eigenvalue weighted by Gasteiger charge is 2.17. The van der Waals surface area contributed by atoms with Gasteiger partial charge in [-0.2, -0.15) is 0 Å². The van der Waals surface area contributed by atoms with E-state index in [0.717, 1.165) is 5.70 Å². The summed E-state index contributed by atoms with van der Waals surface area (Å²) in [5, 5.41) is 0. The Labute approximate surface area is 121 Å². The number of hydrogen-bond acceptors (Lipinski definition) is 3. The van der Waals surface area contributed by atoms with E-state index in [9.17, 15) is 0 Å². The fourth-order valence-corrected chi connectivity index (χ4v) is 1.93. The summed E-state index contributed by atoms with van der Waals surface area (Å²) >= 11 is 0. The summed E-state index contributed by atoms with van der Waals surface area (Å²) in [6.07, 6.45) is 9.99. The van der Waals surface area contributed by atoms with Gasteiger partial charge in [0.1, 0.15) is 6.26 Å². The van der Waals surface area contributed by atoms with Crippen LogP contribution in [0, 0.1) is 0 Å². The van der Waals surface area contributed by atoms with Crippen LogP contribution >= 0.6 is 0 Å². The van der Waals surface area contributed by atoms with Crippen molar-refractivity contribution in [2.24, 2.45) is 0 Å². The Morgan fingerprint density at radius 1 is 1.15 bits per heavy atom. The van der Waals surface area contributed by atoms with Gasteiger partial charge in [-0.15, -0.1) is 0 Å². The number of hydrogen-bond donors (Lipinski definition) is 0. The van der Waals surface area contributed by atoms with Crippen LogP contribution in [0.5, 0.6) is 0 Å². The zero-order valence-corrected chi connectivity index (χ0v) is 12.6. The molecule has 0 aromatic heterocycles. The number of ether oxygens (including phenoxy) is 1. The lowest BCUT2D eigenvalue weighted by Gasteiger charge is -2.18. The van der Waals surface area contributed by atoms with Gasteiger partial charge in [0.2, 0.25) is 0 Å². The number of likely N-dealkylation sites (N-methyl/N-ethyl adjacent to an activating group) is 1. The first kappa shape index (κ1) is 14.3. The van der Waals surface area contributed by atoms with E-state index in [4.69, 9.17) is 4.74 Å². The van der Waals surface area contributed by atoms with Gasteiger partial charge in [-0.1, -0.05) is 30.4 Å². The molecule has 0 aliphatic carbocycles. The van der Waals surface area contributed by atoms with E-state index in [1.807, 2.05) is 46.3 Å². The second-order valence-corrected chi connectivity index (χ2v) is 5.13. The van der Waals surface area contributed by atoms with Gasteiger partial charge in [-0.3, -0.25) is 0 Å². The lowest BCUT2D eigenvalue weighted by Crippen LogP contribution is -2.23.